The van der Waals surface area contributed by atoms with E-state index in [4.69, 9.17) is 4.74 Å². The maximum atomic E-state index is 11.8. The average molecular weight is 214 g/mol. The number of alkyl halides is 2. The Labute approximate surface area is 89.1 Å². The molecule has 0 heterocycles. The molecule has 0 spiro atoms. The molecule has 0 saturated carbocycles. The van der Waals surface area contributed by atoms with Gasteiger partial charge >= 0.3 is 0 Å². The van der Waals surface area contributed by atoms with Gasteiger partial charge in [0, 0.05) is 6.42 Å². The van der Waals surface area contributed by atoms with Crippen LogP contribution in [0.2, 0.25) is 0 Å². The Hall–Kier alpha value is -1.12. The first-order valence-electron chi connectivity index (χ1n) is 5.13. The number of aryl methyl sites for hydroxylation is 1. The van der Waals surface area contributed by atoms with Crippen molar-refractivity contribution in [1.29, 1.82) is 0 Å². The van der Waals surface area contributed by atoms with E-state index >= 15 is 0 Å². The summed E-state index contributed by atoms with van der Waals surface area (Å²) in [4.78, 5) is 0. The van der Waals surface area contributed by atoms with Gasteiger partial charge in [0.15, 0.2) is 0 Å². The molecule has 0 atom stereocenters. The SMILES string of the molecule is COc1ccc(CCCCC(F)F)cc1. The number of benzene rings is 1. The highest BCUT2D eigenvalue weighted by atomic mass is 19.3. The largest absolute Gasteiger partial charge is 0.497 e. The normalized spacial score (nSPS) is 10.7. The number of hydrogen-bond donors (Lipinski definition) is 0. The predicted molar refractivity (Wildman–Crippen MR) is 56.6 cm³/mol. The third-order valence-electron chi connectivity index (χ3n) is 2.30. The molecular formula is C12H16F2O. The van der Waals surface area contributed by atoms with Gasteiger partial charge in [0.2, 0.25) is 6.43 Å². The van der Waals surface area contributed by atoms with Gasteiger partial charge in [-0.15, -0.1) is 0 Å². The molecule has 1 aromatic carbocycles. The molecule has 0 amide bonds. The van der Waals surface area contributed by atoms with Crippen LogP contribution in [-0.4, -0.2) is 13.5 Å². The topological polar surface area (TPSA) is 9.23 Å². The van der Waals surface area contributed by atoms with Crippen LogP contribution in [0, 0.1) is 0 Å². The van der Waals surface area contributed by atoms with Crippen LogP contribution in [0.25, 0.3) is 0 Å². The zero-order valence-corrected chi connectivity index (χ0v) is 8.88. The molecule has 84 valence electrons. The fraction of sp³-hybridized carbons (Fsp3) is 0.500. The standard InChI is InChI=1S/C12H16F2O/c1-15-11-8-6-10(7-9-11)4-2-3-5-12(13)14/h6-9,12H,2-5H2,1H3. The molecule has 0 aromatic heterocycles. The quantitative estimate of drug-likeness (QED) is 0.656. The highest BCUT2D eigenvalue weighted by Gasteiger charge is 2.01. The lowest BCUT2D eigenvalue weighted by Crippen LogP contribution is -1.92. The molecule has 1 aromatic rings. The highest BCUT2D eigenvalue weighted by molar-refractivity contribution is 5.27. The molecule has 3 heteroatoms. The summed E-state index contributed by atoms with van der Waals surface area (Å²) in [5.41, 5.74) is 1.17. The predicted octanol–water partition coefficient (Wildman–Crippen LogP) is 3.67. The van der Waals surface area contributed by atoms with Crippen LogP contribution in [0.4, 0.5) is 8.78 Å². The molecule has 1 nitrogen and oxygen atoms in total. The van der Waals surface area contributed by atoms with E-state index in [1.165, 1.54) is 5.56 Å². The molecule has 0 N–H and O–H groups in total. The second-order valence-electron chi connectivity index (χ2n) is 3.48. The summed E-state index contributed by atoms with van der Waals surface area (Å²) in [6.07, 6.45) is 0.105. The van der Waals surface area contributed by atoms with E-state index in [9.17, 15) is 8.78 Å². The minimum atomic E-state index is -2.17. The minimum Gasteiger partial charge on any atom is -0.497 e. The fourth-order valence-corrected chi connectivity index (χ4v) is 1.42. The zero-order valence-electron chi connectivity index (χ0n) is 8.88. The van der Waals surface area contributed by atoms with Crippen molar-refractivity contribution in [2.24, 2.45) is 0 Å². The first kappa shape index (κ1) is 12.0. The molecule has 0 aliphatic rings. The lowest BCUT2D eigenvalue weighted by molar-refractivity contribution is 0.134. The third-order valence-corrected chi connectivity index (χ3v) is 2.30. The maximum Gasteiger partial charge on any atom is 0.238 e. The van der Waals surface area contributed by atoms with Gasteiger partial charge in [0.05, 0.1) is 7.11 Å². The Morgan fingerprint density at radius 1 is 1.13 bits per heavy atom. The molecule has 1 rings (SSSR count). The van der Waals surface area contributed by atoms with E-state index in [0.717, 1.165) is 18.6 Å². The minimum absolute atomic E-state index is 0.0101. The molecule has 0 unspecified atom stereocenters. The molecular weight excluding hydrogens is 198 g/mol. The number of hydrogen-bond acceptors (Lipinski definition) is 1. The van der Waals surface area contributed by atoms with Crippen LogP contribution in [0.3, 0.4) is 0 Å². The van der Waals surface area contributed by atoms with Gasteiger partial charge in [-0.3, -0.25) is 0 Å². The molecule has 0 aliphatic carbocycles. The van der Waals surface area contributed by atoms with Crippen LogP contribution < -0.4 is 4.74 Å². The maximum absolute atomic E-state index is 11.8. The van der Waals surface area contributed by atoms with E-state index in [2.05, 4.69) is 0 Å². The van der Waals surface area contributed by atoms with Gasteiger partial charge in [-0.25, -0.2) is 8.78 Å². The average Bonchev–Trinajstić information content (AvgIpc) is 2.25. The number of methoxy groups -OCH3 is 1. The fourth-order valence-electron chi connectivity index (χ4n) is 1.42. The number of ether oxygens (including phenoxy) is 1. The van der Waals surface area contributed by atoms with Crippen molar-refractivity contribution in [3.8, 4) is 5.75 Å². The third kappa shape index (κ3) is 4.77. The Morgan fingerprint density at radius 2 is 1.80 bits per heavy atom. The number of unbranched alkanes of at least 4 members (excludes halogenated alkanes) is 1. The molecule has 0 bridgehead atoms. The van der Waals surface area contributed by atoms with Crippen LogP contribution in [0.15, 0.2) is 24.3 Å². The van der Waals surface area contributed by atoms with Crippen LogP contribution in [0.1, 0.15) is 24.8 Å². The van der Waals surface area contributed by atoms with E-state index in [-0.39, 0.29) is 6.42 Å². The van der Waals surface area contributed by atoms with Crippen LogP contribution in [0.5, 0.6) is 5.75 Å². The van der Waals surface area contributed by atoms with E-state index < -0.39 is 6.43 Å². The summed E-state index contributed by atoms with van der Waals surface area (Å²) in [6.45, 7) is 0. The Balaban J connectivity index is 2.25. The van der Waals surface area contributed by atoms with Gasteiger partial charge in [0.1, 0.15) is 5.75 Å². The lowest BCUT2D eigenvalue weighted by atomic mass is 10.1. The van der Waals surface area contributed by atoms with Crippen LogP contribution >= 0.6 is 0 Å². The first-order chi connectivity index (χ1) is 7.22. The monoisotopic (exact) mass is 214 g/mol. The second kappa shape index (κ2) is 6.38. The second-order valence-corrected chi connectivity index (χ2v) is 3.48. The first-order valence-corrected chi connectivity index (χ1v) is 5.13. The zero-order chi connectivity index (χ0) is 11.1. The summed E-state index contributed by atoms with van der Waals surface area (Å²) in [6, 6.07) is 7.73. The summed E-state index contributed by atoms with van der Waals surface area (Å²) in [5, 5.41) is 0. The van der Waals surface area contributed by atoms with Crippen molar-refractivity contribution >= 4 is 0 Å². The summed E-state index contributed by atoms with van der Waals surface area (Å²) < 4.78 is 28.7. The van der Waals surface area contributed by atoms with E-state index in [0.29, 0.717) is 6.42 Å². The number of halogens is 2. The summed E-state index contributed by atoms with van der Waals surface area (Å²) in [5.74, 6) is 0.825. The summed E-state index contributed by atoms with van der Waals surface area (Å²) >= 11 is 0. The molecule has 0 radical (unpaired) electrons. The summed E-state index contributed by atoms with van der Waals surface area (Å²) in [7, 11) is 1.62. The smallest absolute Gasteiger partial charge is 0.238 e. The van der Waals surface area contributed by atoms with Crippen molar-refractivity contribution in [1.82, 2.24) is 0 Å². The van der Waals surface area contributed by atoms with Crippen molar-refractivity contribution in [2.45, 2.75) is 32.1 Å². The van der Waals surface area contributed by atoms with Crippen molar-refractivity contribution in [3.05, 3.63) is 29.8 Å². The van der Waals surface area contributed by atoms with Crippen molar-refractivity contribution in [2.75, 3.05) is 7.11 Å². The van der Waals surface area contributed by atoms with Crippen LogP contribution in [-0.2, 0) is 6.42 Å². The Bertz CT molecular complexity index is 269. The van der Waals surface area contributed by atoms with Gasteiger partial charge in [-0.2, -0.15) is 0 Å². The van der Waals surface area contributed by atoms with Gasteiger partial charge in [-0.05, 0) is 37.0 Å². The molecule has 0 aliphatic heterocycles. The van der Waals surface area contributed by atoms with Crippen molar-refractivity contribution in [3.63, 3.8) is 0 Å². The molecule has 0 saturated heterocycles. The number of rotatable bonds is 6. The lowest BCUT2D eigenvalue weighted by Gasteiger charge is -2.03. The van der Waals surface area contributed by atoms with Gasteiger partial charge < -0.3 is 4.74 Å². The molecule has 0 fully saturated rings. The highest BCUT2D eigenvalue weighted by Crippen LogP contribution is 2.14. The van der Waals surface area contributed by atoms with E-state index in [1.54, 1.807) is 7.11 Å². The van der Waals surface area contributed by atoms with Gasteiger partial charge in [-0.1, -0.05) is 12.1 Å². The van der Waals surface area contributed by atoms with Crippen molar-refractivity contribution < 1.29 is 13.5 Å². The Morgan fingerprint density at radius 3 is 2.33 bits per heavy atom. The van der Waals surface area contributed by atoms with E-state index in [1.807, 2.05) is 24.3 Å². The molecule has 15 heavy (non-hydrogen) atoms. The Kier molecular flexibility index (Phi) is 5.08. The van der Waals surface area contributed by atoms with Gasteiger partial charge in [0.25, 0.3) is 0 Å².